The third-order valence-electron chi connectivity index (χ3n) is 3.97. The molecule has 0 aliphatic rings. The summed E-state index contributed by atoms with van der Waals surface area (Å²) in [4.78, 5) is 0. The molecule has 0 spiro atoms. The van der Waals surface area contributed by atoms with Gasteiger partial charge in [0.05, 0.1) is 20.3 Å². The average molecular weight is 318 g/mol. The monoisotopic (exact) mass is 318 g/mol. The fraction of sp³-hybridized carbons (Fsp3) is 0.333. The molecule has 0 saturated heterocycles. The van der Waals surface area contributed by atoms with Crippen LogP contribution in [0.1, 0.15) is 24.0 Å². The fourth-order valence-corrected chi connectivity index (χ4v) is 2.65. The van der Waals surface area contributed by atoms with E-state index in [0.29, 0.717) is 11.5 Å². The Morgan fingerprint density at radius 3 is 1.57 bits per heavy atom. The highest BCUT2D eigenvalue weighted by Crippen LogP contribution is 2.38. The molecule has 0 fully saturated rings. The van der Waals surface area contributed by atoms with Crippen molar-refractivity contribution >= 4 is 0 Å². The van der Waals surface area contributed by atoms with Crippen LogP contribution in [-0.4, -0.2) is 37.6 Å². The predicted molar refractivity (Wildman–Crippen MR) is 87.6 cm³/mol. The Labute approximate surface area is 136 Å². The minimum atomic E-state index is -0.126. The molecule has 124 valence electrons. The number of phenolic OH excluding ortho intramolecular Hbond substituents is 2. The molecule has 0 aliphatic carbocycles. The number of hydrogen-bond acceptors (Lipinski definition) is 5. The van der Waals surface area contributed by atoms with Crippen LogP contribution in [0.5, 0.6) is 23.0 Å². The summed E-state index contributed by atoms with van der Waals surface area (Å²) in [5.41, 5.74) is 1.86. The van der Waals surface area contributed by atoms with Crippen LogP contribution in [0.2, 0.25) is 0 Å². The van der Waals surface area contributed by atoms with Crippen LogP contribution in [0.3, 0.4) is 0 Å². The average Bonchev–Trinajstić information content (AvgIpc) is 2.57. The number of aromatic hydroxyl groups is 2. The molecule has 0 bridgehead atoms. The van der Waals surface area contributed by atoms with Crippen molar-refractivity contribution in [3.63, 3.8) is 0 Å². The largest absolute Gasteiger partial charge is 0.504 e. The van der Waals surface area contributed by atoms with Crippen LogP contribution < -0.4 is 9.47 Å². The molecule has 2 N–H and O–H groups in total. The van der Waals surface area contributed by atoms with Crippen molar-refractivity contribution in [3.05, 3.63) is 47.5 Å². The van der Waals surface area contributed by atoms with Gasteiger partial charge in [-0.1, -0.05) is 12.1 Å². The van der Waals surface area contributed by atoms with Crippen molar-refractivity contribution in [3.8, 4) is 23.0 Å². The summed E-state index contributed by atoms with van der Waals surface area (Å²) in [6.07, 6.45) is -0.126. The van der Waals surface area contributed by atoms with Gasteiger partial charge in [-0.15, -0.1) is 0 Å². The van der Waals surface area contributed by atoms with Crippen LogP contribution in [0.25, 0.3) is 0 Å². The molecule has 2 rings (SSSR count). The number of benzene rings is 2. The summed E-state index contributed by atoms with van der Waals surface area (Å²) >= 11 is 0. The van der Waals surface area contributed by atoms with Gasteiger partial charge in [0, 0.05) is 13.0 Å². The molecule has 0 heterocycles. The normalized spacial score (nSPS) is 12.2. The highest BCUT2D eigenvalue weighted by atomic mass is 16.5. The minimum Gasteiger partial charge on any atom is -0.504 e. The second kappa shape index (κ2) is 7.24. The summed E-state index contributed by atoms with van der Waals surface area (Å²) in [7, 11) is 4.67. The number of hydrogen-bond donors (Lipinski definition) is 2. The first kappa shape index (κ1) is 17.0. The lowest BCUT2D eigenvalue weighted by atomic mass is 9.86. The van der Waals surface area contributed by atoms with Crippen molar-refractivity contribution in [1.82, 2.24) is 0 Å². The first-order valence-electron chi connectivity index (χ1n) is 7.28. The third-order valence-corrected chi connectivity index (χ3v) is 3.97. The zero-order chi connectivity index (χ0) is 17.0. The van der Waals surface area contributed by atoms with E-state index in [1.54, 1.807) is 31.4 Å². The van der Waals surface area contributed by atoms with Gasteiger partial charge in [-0.25, -0.2) is 0 Å². The molecule has 2 aromatic carbocycles. The quantitative estimate of drug-likeness (QED) is 0.855. The lowest BCUT2D eigenvalue weighted by molar-refractivity contribution is 0.104. The summed E-state index contributed by atoms with van der Waals surface area (Å²) in [5, 5.41) is 19.6. The molecular formula is C18H22O5. The topological polar surface area (TPSA) is 68.2 Å². The van der Waals surface area contributed by atoms with Crippen LogP contribution in [0.15, 0.2) is 36.4 Å². The van der Waals surface area contributed by atoms with Crippen LogP contribution in [0.4, 0.5) is 0 Å². The first-order valence-corrected chi connectivity index (χ1v) is 7.28. The van der Waals surface area contributed by atoms with Crippen LogP contribution >= 0.6 is 0 Å². The van der Waals surface area contributed by atoms with Gasteiger partial charge in [-0.3, -0.25) is 0 Å². The highest BCUT2D eigenvalue weighted by molar-refractivity contribution is 5.49. The summed E-state index contributed by atoms with van der Waals surface area (Å²) in [5.74, 6) is 0.874. The Morgan fingerprint density at radius 1 is 0.783 bits per heavy atom. The molecule has 5 nitrogen and oxygen atoms in total. The lowest BCUT2D eigenvalue weighted by Crippen LogP contribution is -2.19. The molecule has 5 heteroatoms. The number of phenols is 2. The first-order chi connectivity index (χ1) is 11.0. The second-order valence-corrected chi connectivity index (χ2v) is 5.28. The molecule has 0 saturated carbocycles. The van der Waals surface area contributed by atoms with Crippen molar-refractivity contribution in [2.24, 2.45) is 0 Å². The van der Waals surface area contributed by atoms with E-state index in [1.165, 1.54) is 14.2 Å². The predicted octanol–water partition coefficient (Wildman–Crippen LogP) is 3.28. The van der Waals surface area contributed by atoms with Crippen molar-refractivity contribution in [1.29, 1.82) is 0 Å². The zero-order valence-corrected chi connectivity index (χ0v) is 13.7. The van der Waals surface area contributed by atoms with E-state index < -0.39 is 0 Å². The molecule has 0 amide bonds. The van der Waals surface area contributed by atoms with Gasteiger partial charge in [0.2, 0.25) is 0 Å². The maximum atomic E-state index is 9.79. The molecule has 0 radical (unpaired) electrons. The maximum absolute atomic E-state index is 9.79. The van der Waals surface area contributed by atoms with Gasteiger partial charge >= 0.3 is 0 Å². The Hall–Kier alpha value is -2.40. The van der Waals surface area contributed by atoms with Crippen molar-refractivity contribution in [2.45, 2.75) is 18.9 Å². The Balaban J connectivity index is 2.53. The van der Waals surface area contributed by atoms with Crippen LogP contribution in [0, 0.1) is 0 Å². The van der Waals surface area contributed by atoms with E-state index in [2.05, 4.69) is 0 Å². The molecule has 2 aromatic rings. The number of ether oxygens (including phenoxy) is 3. The smallest absolute Gasteiger partial charge is 0.160 e. The Kier molecular flexibility index (Phi) is 5.34. The molecule has 0 aliphatic heterocycles. The van der Waals surface area contributed by atoms with Gasteiger partial charge in [-0.2, -0.15) is 0 Å². The summed E-state index contributed by atoms with van der Waals surface area (Å²) < 4.78 is 15.9. The van der Waals surface area contributed by atoms with E-state index in [1.807, 2.05) is 19.1 Å². The fourth-order valence-electron chi connectivity index (χ4n) is 2.65. The van der Waals surface area contributed by atoms with Gasteiger partial charge in [-0.05, 0) is 42.3 Å². The summed E-state index contributed by atoms with van der Waals surface area (Å²) in [6.45, 7) is 1.96. The van der Waals surface area contributed by atoms with Gasteiger partial charge in [0.1, 0.15) is 0 Å². The van der Waals surface area contributed by atoms with E-state index in [4.69, 9.17) is 14.2 Å². The van der Waals surface area contributed by atoms with Crippen molar-refractivity contribution in [2.75, 3.05) is 21.3 Å². The van der Waals surface area contributed by atoms with Crippen molar-refractivity contribution < 1.29 is 24.4 Å². The van der Waals surface area contributed by atoms with Gasteiger partial charge in [0.15, 0.2) is 23.0 Å². The maximum Gasteiger partial charge on any atom is 0.160 e. The molecule has 1 atom stereocenters. The number of rotatable bonds is 6. The third kappa shape index (κ3) is 3.51. The molecule has 23 heavy (non-hydrogen) atoms. The Bertz CT molecular complexity index is 615. The number of methoxy groups -OCH3 is 3. The lowest BCUT2D eigenvalue weighted by Gasteiger charge is -2.25. The standard InChI is InChI=1S/C18H22O5/c1-11(21-2)18(12-5-7-14(19)16(9-12)22-3)13-6-8-15(20)17(10-13)23-4/h5-11,18-20H,1-4H3. The molecule has 1 unspecified atom stereocenters. The Morgan fingerprint density at radius 2 is 1.22 bits per heavy atom. The second-order valence-electron chi connectivity index (χ2n) is 5.28. The zero-order valence-electron chi connectivity index (χ0n) is 13.7. The molecule has 0 aromatic heterocycles. The summed E-state index contributed by atoms with van der Waals surface area (Å²) in [6, 6.07) is 10.4. The van der Waals surface area contributed by atoms with Crippen LogP contribution in [-0.2, 0) is 4.74 Å². The van der Waals surface area contributed by atoms with Gasteiger partial charge in [0.25, 0.3) is 0 Å². The highest BCUT2D eigenvalue weighted by Gasteiger charge is 2.23. The minimum absolute atomic E-state index is 0.0864. The van der Waals surface area contributed by atoms with E-state index in [0.717, 1.165) is 11.1 Å². The van der Waals surface area contributed by atoms with E-state index in [9.17, 15) is 10.2 Å². The SMILES string of the molecule is COc1cc(C(c2ccc(O)c(OC)c2)C(C)OC)ccc1O. The van der Waals surface area contributed by atoms with E-state index >= 15 is 0 Å². The molecular weight excluding hydrogens is 296 g/mol. The van der Waals surface area contributed by atoms with E-state index in [-0.39, 0.29) is 23.5 Å². The van der Waals surface area contributed by atoms with Gasteiger partial charge < -0.3 is 24.4 Å².